The van der Waals surface area contributed by atoms with Crippen LogP contribution >= 0.6 is 0 Å². The summed E-state index contributed by atoms with van der Waals surface area (Å²) < 4.78 is 44.2. The lowest BCUT2D eigenvalue weighted by Gasteiger charge is -2.24. The fourth-order valence-corrected chi connectivity index (χ4v) is 1.90. The fourth-order valence-electron chi connectivity index (χ4n) is 1.90. The van der Waals surface area contributed by atoms with Crippen LogP contribution in [0.1, 0.15) is 20.3 Å². The molecule has 130 valence electrons. The van der Waals surface area contributed by atoms with Crippen molar-refractivity contribution in [2.45, 2.75) is 32.5 Å². The topological polar surface area (TPSA) is 70.0 Å². The molecule has 1 heterocycles. The smallest absolute Gasteiger partial charge is 0.425 e. The van der Waals surface area contributed by atoms with Crippen molar-refractivity contribution >= 4 is 12.0 Å². The van der Waals surface area contributed by atoms with E-state index >= 15 is 0 Å². The Bertz CT molecular complexity index is 476. The summed E-state index contributed by atoms with van der Waals surface area (Å²) in [6.45, 7) is 5.46. The van der Waals surface area contributed by atoms with Crippen LogP contribution in [0.5, 0.6) is 5.88 Å². The Morgan fingerprint density at radius 1 is 1.39 bits per heavy atom. The second kappa shape index (κ2) is 9.31. The number of nitrogens with zero attached hydrogens (tertiary/aromatic N) is 3. The zero-order valence-corrected chi connectivity index (χ0v) is 13.0. The van der Waals surface area contributed by atoms with Crippen LogP contribution in [0.2, 0.25) is 0 Å². The predicted octanol–water partition coefficient (Wildman–Crippen LogP) is 2.76. The van der Waals surface area contributed by atoms with Gasteiger partial charge in [-0.15, -0.1) is 0 Å². The molecule has 1 aromatic heterocycles. The molecule has 0 aliphatic heterocycles. The van der Waals surface area contributed by atoms with Crippen molar-refractivity contribution in [2.75, 3.05) is 19.6 Å². The average Bonchev–Trinajstić information content (AvgIpc) is 2.52. The number of alkyl halides is 3. The van der Waals surface area contributed by atoms with E-state index in [4.69, 9.17) is 9.94 Å². The maximum absolute atomic E-state index is 13.1. The van der Waals surface area contributed by atoms with Crippen molar-refractivity contribution in [3.8, 4) is 5.88 Å². The molecule has 0 spiro atoms. The molecule has 0 saturated heterocycles. The van der Waals surface area contributed by atoms with Crippen molar-refractivity contribution in [3.05, 3.63) is 18.3 Å². The number of aromatic nitrogens is 1. The summed E-state index contributed by atoms with van der Waals surface area (Å²) in [5, 5.41) is 8.36. The number of ether oxygens (including phenoxy) is 1. The Morgan fingerprint density at radius 2 is 2.09 bits per heavy atom. The van der Waals surface area contributed by atoms with Crippen molar-refractivity contribution in [1.29, 1.82) is 0 Å². The Balaban J connectivity index is 2.71. The minimum atomic E-state index is -4.47. The monoisotopic (exact) mass is 334 g/mol. The van der Waals surface area contributed by atoms with E-state index < -0.39 is 12.3 Å². The maximum atomic E-state index is 13.1. The highest BCUT2D eigenvalue weighted by molar-refractivity contribution is 5.59. The highest BCUT2D eigenvalue weighted by atomic mass is 19.4. The fraction of sp³-hybridized carbons (Fsp3) is 0.571. The van der Waals surface area contributed by atoms with Gasteiger partial charge >= 0.3 is 6.18 Å². The molecule has 0 saturated carbocycles. The molecule has 0 aromatic carbocycles. The zero-order chi connectivity index (χ0) is 17.3. The van der Waals surface area contributed by atoms with Crippen LogP contribution in [0.4, 0.5) is 18.9 Å². The first-order chi connectivity index (χ1) is 10.9. The number of hydrogen-bond acceptors (Lipinski definition) is 5. The molecule has 9 heteroatoms. The third kappa shape index (κ3) is 6.83. The first-order valence-electron chi connectivity index (χ1n) is 7.24. The number of aliphatic imine (C=N–C) groups is 1. The maximum Gasteiger partial charge on any atom is 0.425 e. The first-order valence-corrected chi connectivity index (χ1v) is 7.24. The van der Waals surface area contributed by atoms with Crippen molar-refractivity contribution < 1.29 is 23.1 Å². The molecule has 0 bridgehead atoms. The quantitative estimate of drug-likeness (QED) is 0.413. The van der Waals surface area contributed by atoms with Crippen LogP contribution < -0.4 is 10.2 Å². The van der Waals surface area contributed by atoms with Gasteiger partial charge in [-0.2, -0.15) is 13.2 Å². The Hall–Kier alpha value is -1.87. The van der Waals surface area contributed by atoms with Gasteiger partial charge in [-0.1, -0.05) is 13.8 Å². The van der Waals surface area contributed by atoms with Crippen molar-refractivity contribution in [3.63, 3.8) is 0 Å². The van der Waals surface area contributed by atoms with Gasteiger partial charge in [0.2, 0.25) is 5.88 Å². The van der Waals surface area contributed by atoms with E-state index in [1.807, 2.05) is 18.7 Å². The lowest BCUT2D eigenvalue weighted by Crippen LogP contribution is -2.38. The standard InChI is InChI=1S/C14H21F3N4O2/c1-3-21(4-2)8-7-12(14(15,16)17)23-13-6-5-11(9-18-13)19-10-20-22/h5-6,9-10,12,22H,3-4,7-8H2,1-2H3,(H,19,20). The van der Waals surface area contributed by atoms with Crippen molar-refractivity contribution in [1.82, 2.24) is 15.4 Å². The SMILES string of the molecule is CCN(CC)CCC(Oc1ccc(N=CNO)cn1)C(F)(F)F. The van der Waals surface area contributed by atoms with Gasteiger partial charge in [0.05, 0.1) is 11.9 Å². The van der Waals surface area contributed by atoms with Gasteiger partial charge in [-0.25, -0.2) is 9.98 Å². The molecular formula is C14H21F3N4O2. The Kier molecular flexibility index (Phi) is 7.76. The lowest BCUT2D eigenvalue weighted by atomic mass is 10.2. The molecule has 1 atom stereocenters. The number of hydroxylamine groups is 1. The van der Waals surface area contributed by atoms with E-state index in [-0.39, 0.29) is 12.3 Å². The molecule has 0 amide bonds. The molecular weight excluding hydrogens is 313 g/mol. The number of nitrogens with one attached hydrogen (secondary N) is 1. The van der Waals surface area contributed by atoms with Gasteiger partial charge in [-0.3, -0.25) is 10.7 Å². The minimum absolute atomic E-state index is 0.122. The minimum Gasteiger partial charge on any atom is -0.465 e. The summed E-state index contributed by atoms with van der Waals surface area (Å²) in [4.78, 5) is 9.43. The number of pyridine rings is 1. The number of rotatable bonds is 9. The van der Waals surface area contributed by atoms with Gasteiger partial charge in [0.25, 0.3) is 0 Å². The molecule has 0 radical (unpaired) electrons. The van der Waals surface area contributed by atoms with Crippen LogP contribution in [-0.4, -0.2) is 53.3 Å². The predicted molar refractivity (Wildman–Crippen MR) is 80.2 cm³/mol. The molecule has 1 unspecified atom stereocenters. The molecule has 0 aliphatic carbocycles. The second-order valence-corrected chi connectivity index (χ2v) is 4.71. The van der Waals surface area contributed by atoms with Crippen LogP contribution in [0.15, 0.2) is 23.3 Å². The third-order valence-corrected chi connectivity index (χ3v) is 3.22. The highest BCUT2D eigenvalue weighted by Crippen LogP contribution is 2.27. The normalized spacial score (nSPS) is 13.5. The molecule has 1 aromatic rings. The van der Waals surface area contributed by atoms with Gasteiger partial charge in [0.1, 0.15) is 6.34 Å². The summed E-state index contributed by atoms with van der Waals surface area (Å²) in [6, 6.07) is 2.74. The van der Waals surface area contributed by atoms with Gasteiger partial charge in [-0.05, 0) is 19.2 Å². The van der Waals surface area contributed by atoms with Gasteiger partial charge in [0, 0.05) is 19.0 Å². The highest BCUT2D eigenvalue weighted by Gasteiger charge is 2.41. The van der Waals surface area contributed by atoms with E-state index in [2.05, 4.69) is 9.98 Å². The largest absolute Gasteiger partial charge is 0.465 e. The Labute approximate surface area is 132 Å². The third-order valence-electron chi connectivity index (χ3n) is 3.22. The van der Waals surface area contributed by atoms with E-state index in [0.29, 0.717) is 25.3 Å². The molecule has 2 N–H and O–H groups in total. The van der Waals surface area contributed by atoms with E-state index in [1.54, 1.807) is 5.48 Å². The Morgan fingerprint density at radius 3 is 2.57 bits per heavy atom. The molecule has 6 nitrogen and oxygen atoms in total. The molecule has 23 heavy (non-hydrogen) atoms. The zero-order valence-electron chi connectivity index (χ0n) is 13.0. The lowest BCUT2D eigenvalue weighted by molar-refractivity contribution is -0.198. The second-order valence-electron chi connectivity index (χ2n) is 4.71. The van der Waals surface area contributed by atoms with Crippen LogP contribution in [0, 0.1) is 0 Å². The van der Waals surface area contributed by atoms with Gasteiger partial charge in [0.15, 0.2) is 6.10 Å². The van der Waals surface area contributed by atoms with Crippen molar-refractivity contribution in [2.24, 2.45) is 4.99 Å². The van der Waals surface area contributed by atoms with E-state index in [9.17, 15) is 13.2 Å². The number of hydrogen-bond donors (Lipinski definition) is 2. The van der Waals surface area contributed by atoms with Crippen LogP contribution in [0.3, 0.4) is 0 Å². The summed E-state index contributed by atoms with van der Waals surface area (Å²) in [7, 11) is 0. The summed E-state index contributed by atoms with van der Waals surface area (Å²) >= 11 is 0. The molecule has 1 rings (SSSR count). The van der Waals surface area contributed by atoms with E-state index in [1.165, 1.54) is 18.3 Å². The van der Waals surface area contributed by atoms with E-state index in [0.717, 1.165) is 6.34 Å². The summed E-state index contributed by atoms with van der Waals surface area (Å²) in [5.41, 5.74) is 2.08. The average molecular weight is 334 g/mol. The first kappa shape index (κ1) is 19.2. The molecule has 0 aliphatic rings. The van der Waals surface area contributed by atoms with Gasteiger partial charge < -0.3 is 9.64 Å². The number of halogens is 3. The molecule has 0 fully saturated rings. The van der Waals surface area contributed by atoms with Crippen LogP contribution in [0.25, 0.3) is 0 Å². The summed E-state index contributed by atoms with van der Waals surface area (Å²) in [5.74, 6) is -0.122. The van der Waals surface area contributed by atoms with Crippen LogP contribution in [-0.2, 0) is 0 Å². The summed E-state index contributed by atoms with van der Waals surface area (Å²) in [6.07, 6.45) is -4.28.